The molecule has 0 unspecified atom stereocenters. The Morgan fingerprint density at radius 3 is 3.11 bits per heavy atom. The smallest absolute Gasteiger partial charge is 0.158 e. The van der Waals surface area contributed by atoms with Gasteiger partial charge in [0.15, 0.2) is 5.82 Å². The van der Waals surface area contributed by atoms with Gasteiger partial charge in [0.05, 0.1) is 25.9 Å². The van der Waals surface area contributed by atoms with Crippen LogP contribution in [0.15, 0.2) is 36.8 Å². The third-order valence-electron chi connectivity index (χ3n) is 4.56. The van der Waals surface area contributed by atoms with Crippen molar-refractivity contribution >= 4 is 39.6 Å². The Labute approximate surface area is 175 Å². The lowest BCUT2D eigenvalue weighted by Crippen LogP contribution is -2.40. The average Bonchev–Trinajstić information content (AvgIpc) is 3.14. The molecule has 1 aliphatic heterocycles. The van der Waals surface area contributed by atoms with Crippen molar-refractivity contribution in [3.05, 3.63) is 53.7 Å². The second-order valence-electron chi connectivity index (χ2n) is 6.52. The first kappa shape index (κ1) is 19.5. The molecule has 0 saturated carbocycles. The molecule has 148 valence electrons. The molecule has 4 rings (SSSR count). The molecule has 2 aromatic heterocycles. The highest BCUT2D eigenvalue weighted by Gasteiger charge is 2.15. The van der Waals surface area contributed by atoms with Crippen LogP contribution in [-0.4, -0.2) is 47.0 Å². The minimum atomic E-state index is -0.205. The molecular weight excluding hydrogens is 476 g/mol. The van der Waals surface area contributed by atoms with Crippen molar-refractivity contribution in [2.24, 2.45) is 0 Å². The van der Waals surface area contributed by atoms with Crippen molar-refractivity contribution in [2.75, 3.05) is 31.6 Å². The second kappa shape index (κ2) is 9.12. The Balaban J connectivity index is 1.51. The third-order valence-corrected chi connectivity index (χ3v) is 5.38. The Hall–Kier alpha value is -1.82. The molecule has 1 aromatic carbocycles. The standard InChI is InChI=1S/C19H21FIN5O2/c20-17-2-1-15(7-14(17)8-21)25-19-18-13(3-5-26(18)24-12-23-19)10-27-11-16-9-22-4-6-28-16/h1-3,5,7,12,16,22H,4,6,8-11H2,(H,23,24,25)/t16-/m0/s1. The number of morpholine rings is 1. The fourth-order valence-electron chi connectivity index (χ4n) is 3.14. The molecule has 0 bridgehead atoms. The zero-order chi connectivity index (χ0) is 19.3. The molecule has 0 spiro atoms. The number of halogens is 2. The van der Waals surface area contributed by atoms with E-state index < -0.39 is 0 Å². The summed E-state index contributed by atoms with van der Waals surface area (Å²) in [6.45, 7) is 3.35. The molecule has 0 amide bonds. The molecule has 1 aliphatic rings. The van der Waals surface area contributed by atoms with Gasteiger partial charge in [-0.15, -0.1) is 0 Å². The van der Waals surface area contributed by atoms with Crippen LogP contribution in [0.5, 0.6) is 0 Å². The van der Waals surface area contributed by atoms with E-state index in [4.69, 9.17) is 9.47 Å². The summed E-state index contributed by atoms with van der Waals surface area (Å²) in [4.78, 5) is 4.38. The molecular formula is C19H21FIN5O2. The van der Waals surface area contributed by atoms with Gasteiger partial charge in [0, 0.05) is 35.0 Å². The van der Waals surface area contributed by atoms with Crippen LogP contribution in [0.1, 0.15) is 11.1 Å². The lowest BCUT2D eigenvalue weighted by Gasteiger charge is -2.23. The minimum absolute atomic E-state index is 0.0717. The number of alkyl halides is 1. The van der Waals surface area contributed by atoms with Gasteiger partial charge in [-0.2, -0.15) is 5.10 Å². The van der Waals surface area contributed by atoms with Crippen molar-refractivity contribution in [1.82, 2.24) is 19.9 Å². The van der Waals surface area contributed by atoms with Crippen molar-refractivity contribution in [3.63, 3.8) is 0 Å². The van der Waals surface area contributed by atoms with Gasteiger partial charge in [0.1, 0.15) is 17.7 Å². The molecule has 3 aromatic rings. The predicted octanol–water partition coefficient (Wildman–Crippen LogP) is 3.05. The Morgan fingerprint density at radius 1 is 1.36 bits per heavy atom. The molecule has 1 saturated heterocycles. The maximum Gasteiger partial charge on any atom is 0.158 e. The van der Waals surface area contributed by atoms with Crippen LogP contribution in [0.25, 0.3) is 5.52 Å². The first-order chi connectivity index (χ1) is 13.7. The second-order valence-corrected chi connectivity index (χ2v) is 7.28. The summed E-state index contributed by atoms with van der Waals surface area (Å²) in [7, 11) is 0. The van der Waals surface area contributed by atoms with Crippen molar-refractivity contribution in [2.45, 2.75) is 17.1 Å². The van der Waals surface area contributed by atoms with E-state index in [0.717, 1.165) is 29.9 Å². The maximum atomic E-state index is 13.8. The van der Waals surface area contributed by atoms with E-state index in [9.17, 15) is 4.39 Å². The van der Waals surface area contributed by atoms with Crippen molar-refractivity contribution in [3.8, 4) is 0 Å². The Bertz CT molecular complexity index is 945. The summed E-state index contributed by atoms with van der Waals surface area (Å²) in [5.74, 6) is 0.448. The molecule has 2 N–H and O–H groups in total. The zero-order valence-electron chi connectivity index (χ0n) is 15.2. The Kier molecular flexibility index (Phi) is 6.35. The van der Waals surface area contributed by atoms with Crippen LogP contribution in [0.4, 0.5) is 15.9 Å². The highest BCUT2D eigenvalue weighted by Crippen LogP contribution is 2.25. The normalized spacial score (nSPS) is 17.1. The summed E-state index contributed by atoms with van der Waals surface area (Å²) in [6, 6.07) is 6.94. The van der Waals surface area contributed by atoms with Crippen LogP contribution in [-0.2, 0) is 20.5 Å². The number of ether oxygens (including phenoxy) is 2. The predicted molar refractivity (Wildman–Crippen MR) is 113 cm³/mol. The van der Waals surface area contributed by atoms with Crippen molar-refractivity contribution in [1.29, 1.82) is 0 Å². The summed E-state index contributed by atoms with van der Waals surface area (Å²) in [5.41, 5.74) is 3.24. The van der Waals surface area contributed by atoms with Gasteiger partial charge in [-0.1, -0.05) is 22.6 Å². The fourth-order valence-corrected chi connectivity index (χ4v) is 3.73. The van der Waals surface area contributed by atoms with Crippen LogP contribution >= 0.6 is 22.6 Å². The van der Waals surface area contributed by atoms with E-state index in [2.05, 4.69) is 43.3 Å². The number of hydrogen-bond acceptors (Lipinski definition) is 6. The molecule has 1 fully saturated rings. The molecule has 0 aliphatic carbocycles. The summed E-state index contributed by atoms with van der Waals surface area (Å²) >= 11 is 2.15. The van der Waals surface area contributed by atoms with E-state index in [-0.39, 0.29) is 11.9 Å². The molecule has 1 atom stereocenters. The average molecular weight is 497 g/mol. The molecule has 28 heavy (non-hydrogen) atoms. The van der Waals surface area contributed by atoms with Gasteiger partial charge in [-0.25, -0.2) is 13.9 Å². The lowest BCUT2D eigenvalue weighted by molar-refractivity contribution is -0.0355. The summed E-state index contributed by atoms with van der Waals surface area (Å²) in [5, 5.41) is 10.8. The van der Waals surface area contributed by atoms with Gasteiger partial charge in [0.25, 0.3) is 0 Å². The minimum Gasteiger partial charge on any atom is -0.374 e. The van der Waals surface area contributed by atoms with E-state index in [1.54, 1.807) is 16.6 Å². The van der Waals surface area contributed by atoms with E-state index in [1.165, 1.54) is 12.4 Å². The zero-order valence-corrected chi connectivity index (χ0v) is 17.4. The molecule has 3 heterocycles. The topological polar surface area (TPSA) is 72.7 Å². The number of nitrogens with one attached hydrogen (secondary N) is 2. The van der Waals surface area contributed by atoms with Gasteiger partial charge in [0.2, 0.25) is 0 Å². The van der Waals surface area contributed by atoms with Gasteiger partial charge in [-0.3, -0.25) is 0 Å². The monoisotopic (exact) mass is 497 g/mol. The fraction of sp³-hybridized carbons (Fsp3) is 0.368. The summed E-state index contributed by atoms with van der Waals surface area (Å²) < 4.78 is 27.7. The van der Waals surface area contributed by atoms with E-state index >= 15 is 0 Å². The number of benzene rings is 1. The van der Waals surface area contributed by atoms with Crippen LogP contribution < -0.4 is 10.6 Å². The SMILES string of the molecule is Fc1ccc(Nc2ncnn3ccc(COC[C@@H]4CNCCO4)c23)cc1CI. The quantitative estimate of drug-likeness (QED) is 0.387. The molecule has 9 heteroatoms. The number of rotatable bonds is 7. The number of hydrogen-bond donors (Lipinski definition) is 2. The van der Waals surface area contributed by atoms with Gasteiger partial charge < -0.3 is 20.1 Å². The summed E-state index contributed by atoms with van der Waals surface area (Å²) in [6.07, 6.45) is 3.44. The first-order valence-electron chi connectivity index (χ1n) is 9.07. The van der Waals surface area contributed by atoms with Gasteiger partial charge >= 0.3 is 0 Å². The largest absolute Gasteiger partial charge is 0.374 e. The first-order valence-corrected chi connectivity index (χ1v) is 10.6. The highest BCUT2D eigenvalue weighted by molar-refractivity contribution is 14.1. The molecule has 7 nitrogen and oxygen atoms in total. The third kappa shape index (κ3) is 4.43. The number of fused-ring (bicyclic) bond motifs is 1. The lowest BCUT2D eigenvalue weighted by atomic mass is 10.2. The highest BCUT2D eigenvalue weighted by atomic mass is 127. The van der Waals surface area contributed by atoms with Crippen LogP contribution in [0, 0.1) is 5.82 Å². The van der Waals surface area contributed by atoms with Crippen LogP contribution in [0.3, 0.4) is 0 Å². The van der Waals surface area contributed by atoms with Crippen LogP contribution in [0.2, 0.25) is 0 Å². The number of anilines is 2. The number of nitrogens with zero attached hydrogens (tertiary/aromatic N) is 3. The van der Waals surface area contributed by atoms with E-state index in [0.29, 0.717) is 35.6 Å². The van der Waals surface area contributed by atoms with E-state index in [1.807, 2.05) is 12.3 Å². The maximum absolute atomic E-state index is 13.8. The van der Waals surface area contributed by atoms with Crippen molar-refractivity contribution < 1.29 is 13.9 Å². The number of aromatic nitrogens is 3. The molecule has 0 radical (unpaired) electrons. The van der Waals surface area contributed by atoms with Gasteiger partial charge in [-0.05, 0) is 29.8 Å². The Morgan fingerprint density at radius 2 is 2.29 bits per heavy atom.